The number of nitriles is 1. The fraction of sp³-hybridized carbons (Fsp3) is 0.211. The number of amides is 1. The SMILES string of the molecule is CCNc1ccc(C#N)cc1.N=C1SCC(=O)N1Cc1ccccc1. The highest BCUT2D eigenvalue weighted by Gasteiger charge is 2.26. The van der Waals surface area contributed by atoms with Crippen molar-refractivity contribution in [2.75, 3.05) is 17.6 Å². The van der Waals surface area contributed by atoms with Gasteiger partial charge < -0.3 is 5.32 Å². The number of carbonyl (C=O) groups excluding carboxylic acids is 1. The van der Waals surface area contributed by atoms with Crippen LogP contribution in [-0.2, 0) is 11.3 Å². The molecule has 0 spiro atoms. The number of nitrogens with one attached hydrogen (secondary N) is 2. The maximum Gasteiger partial charge on any atom is 0.239 e. The van der Waals surface area contributed by atoms with Crippen molar-refractivity contribution in [2.45, 2.75) is 13.5 Å². The van der Waals surface area contributed by atoms with Gasteiger partial charge in [-0.2, -0.15) is 5.26 Å². The minimum absolute atomic E-state index is 0.0313. The number of amidine groups is 1. The Morgan fingerprint density at radius 3 is 2.40 bits per heavy atom. The van der Waals surface area contributed by atoms with E-state index >= 15 is 0 Å². The van der Waals surface area contributed by atoms with Gasteiger partial charge >= 0.3 is 0 Å². The second-order valence-corrected chi connectivity index (χ2v) is 6.24. The molecule has 1 heterocycles. The van der Waals surface area contributed by atoms with E-state index < -0.39 is 0 Å². The van der Waals surface area contributed by atoms with Crippen LogP contribution in [0.1, 0.15) is 18.1 Å². The number of thioether (sulfide) groups is 1. The standard InChI is InChI=1S/C10H10N2OS.C9H10N2/c11-10-12(9(13)7-14-10)6-8-4-2-1-3-5-8;1-2-11-9-5-3-8(7-10)4-6-9/h1-5,11H,6-7H2;3-6,11H,2H2,1H3. The predicted octanol–water partition coefficient (Wildman–Crippen LogP) is 3.69. The molecule has 128 valence electrons. The Labute approximate surface area is 152 Å². The largest absolute Gasteiger partial charge is 0.385 e. The van der Waals surface area contributed by atoms with Crippen molar-refractivity contribution in [3.05, 3.63) is 65.7 Å². The molecular formula is C19H20N4OS. The first-order valence-corrected chi connectivity index (χ1v) is 8.92. The molecule has 3 rings (SSSR count). The highest BCUT2D eigenvalue weighted by atomic mass is 32.2. The number of nitrogens with zero attached hydrogens (tertiary/aromatic N) is 2. The minimum Gasteiger partial charge on any atom is -0.385 e. The molecule has 1 amide bonds. The van der Waals surface area contributed by atoms with Gasteiger partial charge in [-0.05, 0) is 36.8 Å². The van der Waals surface area contributed by atoms with Crippen LogP contribution in [0, 0.1) is 16.7 Å². The highest BCUT2D eigenvalue weighted by molar-refractivity contribution is 8.14. The molecule has 2 aromatic rings. The Morgan fingerprint density at radius 2 is 1.88 bits per heavy atom. The van der Waals surface area contributed by atoms with Crippen LogP contribution < -0.4 is 5.32 Å². The minimum atomic E-state index is 0.0313. The summed E-state index contributed by atoms with van der Waals surface area (Å²) in [5.41, 5.74) is 2.83. The van der Waals surface area contributed by atoms with Crippen molar-refractivity contribution < 1.29 is 4.79 Å². The number of rotatable bonds is 4. The van der Waals surface area contributed by atoms with Crippen molar-refractivity contribution >= 4 is 28.5 Å². The molecular weight excluding hydrogens is 332 g/mol. The van der Waals surface area contributed by atoms with Crippen molar-refractivity contribution in [3.63, 3.8) is 0 Å². The number of anilines is 1. The number of benzene rings is 2. The van der Waals surface area contributed by atoms with E-state index in [-0.39, 0.29) is 5.91 Å². The van der Waals surface area contributed by atoms with Gasteiger partial charge in [0.05, 0.1) is 23.9 Å². The third-order valence-electron chi connectivity index (χ3n) is 3.46. The summed E-state index contributed by atoms with van der Waals surface area (Å²) in [6, 6.07) is 19.2. The highest BCUT2D eigenvalue weighted by Crippen LogP contribution is 2.19. The summed E-state index contributed by atoms with van der Waals surface area (Å²) in [5, 5.41) is 19.6. The van der Waals surface area contributed by atoms with Gasteiger partial charge in [-0.3, -0.25) is 15.1 Å². The smallest absolute Gasteiger partial charge is 0.239 e. The molecule has 1 aliphatic rings. The predicted molar refractivity (Wildman–Crippen MR) is 102 cm³/mol. The lowest BCUT2D eigenvalue weighted by atomic mass is 10.2. The maximum atomic E-state index is 11.4. The summed E-state index contributed by atoms with van der Waals surface area (Å²) in [5.74, 6) is 0.440. The zero-order valence-electron chi connectivity index (χ0n) is 14.0. The van der Waals surface area contributed by atoms with E-state index in [0.717, 1.165) is 17.8 Å². The Balaban J connectivity index is 0.000000186. The van der Waals surface area contributed by atoms with Crippen molar-refractivity contribution in [1.29, 1.82) is 10.7 Å². The van der Waals surface area contributed by atoms with E-state index in [0.29, 0.717) is 23.0 Å². The number of hydrogen-bond donors (Lipinski definition) is 2. The summed E-state index contributed by atoms with van der Waals surface area (Å²) in [4.78, 5) is 12.9. The second kappa shape index (κ2) is 9.50. The van der Waals surface area contributed by atoms with Crippen molar-refractivity contribution in [3.8, 4) is 6.07 Å². The molecule has 0 atom stereocenters. The molecule has 5 nitrogen and oxygen atoms in total. The summed E-state index contributed by atoms with van der Waals surface area (Å²) in [6.45, 7) is 3.47. The molecule has 0 bridgehead atoms. The molecule has 1 fully saturated rings. The molecule has 1 aliphatic heterocycles. The summed E-state index contributed by atoms with van der Waals surface area (Å²) < 4.78 is 0. The normalized spacial score (nSPS) is 13.0. The van der Waals surface area contributed by atoms with Gasteiger partial charge in [-0.1, -0.05) is 42.1 Å². The molecule has 6 heteroatoms. The van der Waals surface area contributed by atoms with Crippen molar-refractivity contribution in [1.82, 2.24) is 4.90 Å². The topological polar surface area (TPSA) is 80.0 Å². The third kappa shape index (κ3) is 5.66. The summed E-state index contributed by atoms with van der Waals surface area (Å²) in [6.07, 6.45) is 0. The summed E-state index contributed by atoms with van der Waals surface area (Å²) >= 11 is 1.29. The van der Waals surface area contributed by atoms with E-state index in [1.807, 2.05) is 49.4 Å². The first-order chi connectivity index (χ1) is 12.1. The Kier molecular flexibility index (Phi) is 7.05. The molecule has 0 radical (unpaired) electrons. The zero-order chi connectivity index (χ0) is 18.1. The average Bonchev–Trinajstić information content (AvgIpc) is 2.96. The van der Waals surface area contributed by atoms with Crippen LogP contribution in [0.4, 0.5) is 5.69 Å². The van der Waals surface area contributed by atoms with E-state index in [1.165, 1.54) is 16.7 Å². The Morgan fingerprint density at radius 1 is 1.20 bits per heavy atom. The van der Waals surface area contributed by atoms with Gasteiger partial charge in [0.1, 0.15) is 0 Å². The maximum absolute atomic E-state index is 11.4. The van der Waals surface area contributed by atoms with Gasteiger partial charge in [0, 0.05) is 12.2 Å². The molecule has 0 unspecified atom stereocenters. The third-order valence-corrected chi connectivity index (χ3v) is 4.34. The van der Waals surface area contributed by atoms with Gasteiger partial charge in [-0.15, -0.1) is 0 Å². The number of hydrogen-bond acceptors (Lipinski definition) is 5. The molecule has 0 aliphatic carbocycles. The first-order valence-electron chi connectivity index (χ1n) is 7.93. The molecule has 25 heavy (non-hydrogen) atoms. The molecule has 0 aromatic heterocycles. The van der Waals surface area contributed by atoms with Crippen LogP contribution in [0.5, 0.6) is 0 Å². The number of carbonyl (C=O) groups is 1. The van der Waals surface area contributed by atoms with Crippen LogP contribution in [0.15, 0.2) is 54.6 Å². The quantitative estimate of drug-likeness (QED) is 0.879. The molecule has 0 saturated carbocycles. The zero-order valence-corrected chi connectivity index (χ0v) is 14.8. The van der Waals surface area contributed by atoms with Gasteiger partial charge in [0.25, 0.3) is 0 Å². The van der Waals surface area contributed by atoms with E-state index in [4.69, 9.17) is 10.7 Å². The van der Waals surface area contributed by atoms with Crippen molar-refractivity contribution in [2.24, 2.45) is 0 Å². The van der Waals surface area contributed by atoms with E-state index in [9.17, 15) is 4.79 Å². The average molecular weight is 352 g/mol. The molecule has 2 N–H and O–H groups in total. The van der Waals surface area contributed by atoms with Crippen LogP contribution in [0.3, 0.4) is 0 Å². The Bertz CT molecular complexity index is 737. The fourth-order valence-corrected chi connectivity index (χ4v) is 2.93. The summed E-state index contributed by atoms with van der Waals surface area (Å²) in [7, 11) is 0. The Hall–Kier alpha value is -2.78. The van der Waals surface area contributed by atoms with E-state index in [2.05, 4.69) is 11.4 Å². The van der Waals surface area contributed by atoms with Crippen LogP contribution in [-0.4, -0.2) is 28.3 Å². The van der Waals surface area contributed by atoms with Crippen LogP contribution in [0.25, 0.3) is 0 Å². The van der Waals surface area contributed by atoms with Crippen LogP contribution in [0.2, 0.25) is 0 Å². The molecule has 1 saturated heterocycles. The van der Waals surface area contributed by atoms with Gasteiger partial charge in [-0.25, -0.2) is 0 Å². The van der Waals surface area contributed by atoms with Gasteiger partial charge in [0.15, 0.2) is 5.17 Å². The van der Waals surface area contributed by atoms with E-state index in [1.54, 1.807) is 12.1 Å². The lowest BCUT2D eigenvalue weighted by molar-refractivity contribution is -0.124. The van der Waals surface area contributed by atoms with Gasteiger partial charge in [0.2, 0.25) is 5.91 Å². The van der Waals surface area contributed by atoms with Crippen LogP contribution >= 0.6 is 11.8 Å². The lowest BCUT2D eigenvalue weighted by Gasteiger charge is -2.14. The fourth-order valence-electron chi connectivity index (χ4n) is 2.19. The molecule has 2 aromatic carbocycles. The monoisotopic (exact) mass is 352 g/mol. The second-order valence-electron chi connectivity index (χ2n) is 5.28. The lowest BCUT2D eigenvalue weighted by Crippen LogP contribution is -2.28. The first kappa shape index (κ1) is 18.6.